The zero-order valence-corrected chi connectivity index (χ0v) is 12.7. The molecule has 0 spiro atoms. The van der Waals surface area contributed by atoms with E-state index in [4.69, 9.17) is 15.0 Å². The van der Waals surface area contributed by atoms with E-state index in [9.17, 15) is 0 Å². The van der Waals surface area contributed by atoms with Crippen molar-refractivity contribution in [1.82, 2.24) is 10.1 Å². The van der Waals surface area contributed by atoms with E-state index in [1.54, 1.807) is 0 Å². The lowest BCUT2D eigenvalue weighted by atomic mass is 10.1. The second-order valence-corrected chi connectivity index (χ2v) is 5.73. The van der Waals surface area contributed by atoms with E-state index < -0.39 is 5.54 Å². The van der Waals surface area contributed by atoms with Crippen LogP contribution < -0.4 is 10.5 Å². The van der Waals surface area contributed by atoms with Gasteiger partial charge in [-0.3, -0.25) is 0 Å². The smallest absolute Gasteiger partial charge is 0.264 e. The number of ether oxygens (including phenoxy) is 1. The van der Waals surface area contributed by atoms with E-state index in [1.165, 1.54) is 5.56 Å². The maximum absolute atomic E-state index is 5.92. The SMILES string of the molecule is Cc1cc(C)c(C)c(OCc2nc(C(C)(C)N)no2)c1. The largest absolute Gasteiger partial charge is 0.483 e. The lowest BCUT2D eigenvalue weighted by Crippen LogP contribution is -2.30. The number of benzene rings is 1. The highest BCUT2D eigenvalue weighted by molar-refractivity contribution is 5.41. The fourth-order valence-corrected chi connectivity index (χ4v) is 1.87. The van der Waals surface area contributed by atoms with Crippen LogP contribution in [-0.4, -0.2) is 10.1 Å². The molecule has 20 heavy (non-hydrogen) atoms. The van der Waals surface area contributed by atoms with Crippen molar-refractivity contribution in [2.45, 2.75) is 46.8 Å². The summed E-state index contributed by atoms with van der Waals surface area (Å²) in [6.07, 6.45) is 0. The van der Waals surface area contributed by atoms with Gasteiger partial charge in [0.2, 0.25) is 0 Å². The molecule has 5 heteroatoms. The van der Waals surface area contributed by atoms with Crippen molar-refractivity contribution in [3.05, 3.63) is 40.5 Å². The maximum atomic E-state index is 5.92. The Kier molecular flexibility index (Phi) is 3.81. The zero-order chi connectivity index (χ0) is 14.9. The molecule has 0 bridgehead atoms. The predicted molar refractivity (Wildman–Crippen MR) is 76.5 cm³/mol. The molecule has 5 nitrogen and oxygen atoms in total. The average molecular weight is 275 g/mol. The lowest BCUT2D eigenvalue weighted by molar-refractivity contribution is 0.240. The highest BCUT2D eigenvalue weighted by Gasteiger charge is 2.21. The first kappa shape index (κ1) is 14.5. The van der Waals surface area contributed by atoms with Crippen LogP contribution in [0.3, 0.4) is 0 Å². The van der Waals surface area contributed by atoms with Gasteiger partial charge in [-0.2, -0.15) is 4.98 Å². The fraction of sp³-hybridized carbons (Fsp3) is 0.467. The molecule has 0 radical (unpaired) electrons. The van der Waals surface area contributed by atoms with E-state index in [0.717, 1.165) is 16.9 Å². The minimum Gasteiger partial charge on any atom is -0.483 e. The molecule has 2 N–H and O–H groups in total. The Morgan fingerprint density at radius 3 is 2.55 bits per heavy atom. The molecule has 0 amide bonds. The topological polar surface area (TPSA) is 74.2 Å². The van der Waals surface area contributed by atoms with Gasteiger partial charge in [0.25, 0.3) is 5.89 Å². The first-order chi connectivity index (χ1) is 9.27. The number of nitrogens with two attached hydrogens (primary N) is 1. The van der Waals surface area contributed by atoms with Crippen LogP contribution in [0.25, 0.3) is 0 Å². The van der Waals surface area contributed by atoms with E-state index in [0.29, 0.717) is 11.7 Å². The molecule has 0 saturated heterocycles. The Morgan fingerprint density at radius 1 is 1.25 bits per heavy atom. The Morgan fingerprint density at radius 2 is 1.95 bits per heavy atom. The molecule has 2 aromatic rings. The van der Waals surface area contributed by atoms with Gasteiger partial charge in [0.15, 0.2) is 12.4 Å². The van der Waals surface area contributed by atoms with Crippen LogP contribution in [0.1, 0.15) is 42.3 Å². The summed E-state index contributed by atoms with van der Waals surface area (Å²) in [7, 11) is 0. The van der Waals surface area contributed by atoms with Gasteiger partial charge in [-0.1, -0.05) is 11.2 Å². The third-order valence-electron chi connectivity index (χ3n) is 3.16. The van der Waals surface area contributed by atoms with Crippen molar-refractivity contribution < 1.29 is 9.26 Å². The van der Waals surface area contributed by atoms with Crippen LogP contribution >= 0.6 is 0 Å². The summed E-state index contributed by atoms with van der Waals surface area (Å²) < 4.78 is 10.9. The molecule has 1 heterocycles. The molecule has 0 unspecified atom stereocenters. The summed E-state index contributed by atoms with van der Waals surface area (Å²) in [5, 5.41) is 3.87. The molecule has 0 aliphatic rings. The molecule has 0 atom stereocenters. The van der Waals surface area contributed by atoms with Gasteiger partial charge in [0.1, 0.15) is 5.75 Å². The van der Waals surface area contributed by atoms with Gasteiger partial charge in [0.05, 0.1) is 5.54 Å². The van der Waals surface area contributed by atoms with Gasteiger partial charge >= 0.3 is 0 Å². The molecule has 0 aliphatic heterocycles. The number of hydrogen-bond donors (Lipinski definition) is 1. The number of hydrogen-bond acceptors (Lipinski definition) is 5. The summed E-state index contributed by atoms with van der Waals surface area (Å²) in [4.78, 5) is 4.24. The Balaban J connectivity index is 2.11. The molecule has 1 aromatic heterocycles. The number of nitrogens with zero attached hydrogens (tertiary/aromatic N) is 2. The van der Waals surface area contributed by atoms with Crippen LogP contribution in [-0.2, 0) is 12.1 Å². The average Bonchev–Trinajstić information content (AvgIpc) is 2.80. The van der Waals surface area contributed by atoms with E-state index in [2.05, 4.69) is 23.1 Å². The summed E-state index contributed by atoms with van der Waals surface area (Å²) in [5.74, 6) is 1.75. The van der Waals surface area contributed by atoms with E-state index in [-0.39, 0.29) is 6.61 Å². The van der Waals surface area contributed by atoms with Gasteiger partial charge in [-0.25, -0.2) is 0 Å². The van der Waals surface area contributed by atoms with Crippen LogP contribution in [0.4, 0.5) is 0 Å². The summed E-state index contributed by atoms with van der Waals surface area (Å²) in [6, 6.07) is 4.14. The van der Waals surface area contributed by atoms with Crippen molar-refractivity contribution in [3.63, 3.8) is 0 Å². The van der Waals surface area contributed by atoms with E-state index >= 15 is 0 Å². The molecule has 0 saturated carbocycles. The maximum Gasteiger partial charge on any atom is 0.264 e. The second-order valence-electron chi connectivity index (χ2n) is 5.73. The van der Waals surface area contributed by atoms with Crippen LogP contribution in [0.2, 0.25) is 0 Å². The summed E-state index contributed by atoms with van der Waals surface area (Å²) in [6.45, 7) is 10.0. The quantitative estimate of drug-likeness (QED) is 0.928. The fourth-order valence-electron chi connectivity index (χ4n) is 1.87. The van der Waals surface area contributed by atoms with Crippen LogP contribution in [0.5, 0.6) is 5.75 Å². The zero-order valence-electron chi connectivity index (χ0n) is 12.7. The number of aromatic nitrogens is 2. The third-order valence-corrected chi connectivity index (χ3v) is 3.16. The van der Waals surface area contributed by atoms with Crippen molar-refractivity contribution in [1.29, 1.82) is 0 Å². The normalized spacial score (nSPS) is 11.7. The van der Waals surface area contributed by atoms with Gasteiger partial charge in [-0.15, -0.1) is 0 Å². The molecule has 108 valence electrons. The predicted octanol–water partition coefficient (Wildman–Crippen LogP) is 2.77. The molecule has 0 fully saturated rings. The highest BCUT2D eigenvalue weighted by Crippen LogP contribution is 2.24. The molecule has 1 aromatic carbocycles. The molecular weight excluding hydrogens is 254 g/mol. The highest BCUT2D eigenvalue weighted by atomic mass is 16.5. The first-order valence-corrected chi connectivity index (χ1v) is 6.60. The van der Waals surface area contributed by atoms with Gasteiger partial charge in [0, 0.05) is 0 Å². The van der Waals surface area contributed by atoms with Crippen LogP contribution in [0.15, 0.2) is 16.7 Å². The van der Waals surface area contributed by atoms with Crippen molar-refractivity contribution >= 4 is 0 Å². The van der Waals surface area contributed by atoms with Gasteiger partial charge < -0.3 is 15.0 Å². The van der Waals surface area contributed by atoms with Crippen molar-refractivity contribution in [2.24, 2.45) is 5.73 Å². The Bertz CT molecular complexity index is 612. The minimum absolute atomic E-state index is 0.243. The Hall–Kier alpha value is -1.88. The lowest BCUT2D eigenvalue weighted by Gasteiger charge is -2.12. The molecule has 2 rings (SSSR count). The first-order valence-electron chi connectivity index (χ1n) is 6.60. The monoisotopic (exact) mass is 275 g/mol. The number of aryl methyl sites for hydroxylation is 2. The standard InChI is InChI=1S/C15H21N3O2/c1-9-6-10(2)11(3)12(7-9)19-8-13-17-14(18-20-13)15(4,5)16/h6-7H,8,16H2,1-5H3. The summed E-state index contributed by atoms with van der Waals surface area (Å²) in [5.41, 5.74) is 8.79. The summed E-state index contributed by atoms with van der Waals surface area (Å²) >= 11 is 0. The molecule has 0 aliphatic carbocycles. The van der Waals surface area contributed by atoms with Crippen molar-refractivity contribution in [2.75, 3.05) is 0 Å². The van der Waals surface area contributed by atoms with E-state index in [1.807, 2.05) is 33.8 Å². The second kappa shape index (κ2) is 5.25. The van der Waals surface area contributed by atoms with Crippen LogP contribution in [0, 0.1) is 20.8 Å². The minimum atomic E-state index is -0.614. The molecular formula is C15H21N3O2. The van der Waals surface area contributed by atoms with Gasteiger partial charge in [-0.05, 0) is 57.4 Å². The third kappa shape index (κ3) is 3.17. The van der Waals surface area contributed by atoms with Crippen molar-refractivity contribution in [3.8, 4) is 5.75 Å². The number of rotatable bonds is 4. The Labute approximate surface area is 119 Å².